The van der Waals surface area contributed by atoms with Gasteiger partial charge in [-0.3, -0.25) is 19.9 Å². The van der Waals surface area contributed by atoms with Gasteiger partial charge in [0, 0.05) is 36.5 Å². The minimum atomic E-state index is -3.49. The van der Waals surface area contributed by atoms with Gasteiger partial charge in [0.15, 0.2) is 17.3 Å². The maximum absolute atomic E-state index is 16.2. The van der Waals surface area contributed by atoms with Crippen LogP contribution in [0, 0.1) is 11.6 Å². The molecule has 5 aromatic heterocycles. The number of imidazole rings is 1. The van der Waals surface area contributed by atoms with E-state index in [1.54, 1.807) is 18.2 Å². The van der Waals surface area contributed by atoms with E-state index in [9.17, 15) is 17.6 Å². The number of hydrogen-bond donors (Lipinski definition) is 4. The van der Waals surface area contributed by atoms with Crippen LogP contribution in [0.3, 0.4) is 0 Å². The first-order valence-electron chi connectivity index (χ1n) is 14.0. The fourth-order valence-electron chi connectivity index (χ4n) is 4.92. The van der Waals surface area contributed by atoms with Crippen molar-refractivity contribution in [2.75, 3.05) is 11.6 Å². The van der Waals surface area contributed by atoms with Crippen LogP contribution in [-0.2, 0) is 21.4 Å². The molecule has 1 aromatic carbocycles. The van der Waals surface area contributed by atoms with Crippen LogP contribution < -0.4 is 10.0 Å². The van der Waals surface area contributed by atoms with E-state index in [1.807, 2.05) is 6.92 Å². The van der Waals surface area contributed by atoms with E-state index in [2.05, 4.69) is 45.2 Å². The Morgan fingerprint density at radius 2 is 1.87 bits per heavy atom. The fraction of sp³-hybridized carbons (Fsp3) is 0.200. The maximum atomic E-state index is 16.2. The van der Waals surface area contributed by atoms with Gasteiger partial charge in [-0.1, -0.05) is 13.3 Å². The van der Waals surface area contributed by atoms with E-state index in [4.69, 9.17) is 0 Å². The Morgan fingerprint density at radius 3 is 2.67 bits per heavy atom. The molecule has 15 heteroatoms. The average molecular weight is 632 g/mol. The molecule has 0 bridgehead atoms. The number of pyridine rings is 3. The Morgan fingerprint density at radius 1 is 1.02 bits per heavy atom. The summed E-state index contributed by atoms with van der Waals surface area (Å²) in [5.41, 5.74) is 3.39. The van der Waals surface area contributed by atoms with Gasteiger partial charge in [0.1, 0.15) is 22.7 Å². The molecule has 12 nitrogen and oxygen atoms in total. The molecule has 0 atom stereocenters. The summed E-state index contributed by atoms with van der Waals surface area (Å²) in [6.07, 6.45) is 8.92. The van der Waals surface area contributed by atoms with Gasteiger partial charge in [0.2, 0.25) is 15.9 Å². The zero-order valence-corrected chi connectivity index (χ0v) is 25.0. The standard InChI is InChI=1S/C30H27F2N9O3S/c1-3-4-5-23(42)37-20-11-18(13-33-14-20)26-25(32)24-22(15-35-26)40-41-28(24)30-38-27-21(6-7-34-29(27)39-30)17-8-16(9-19(31)10-17)12-36-45(2,43)44/h6-11,13-15,36H,3-5,12H2,1-2H3,(H,37,42)(H,40,41)(H,34,38,39). The average Bonchev–Trinajstić information content (AvgIpc) is 3.63. The van der Waals surface area contributed by atoms with Crippen LogP contribution in [0.25, 0.3) is 56.0 Å². The smallest absolute Gasteiger partial charge is 0.224 e. The first-order chi connectivity index (χ1) is 21.6. The van der Waals surface area contributed by atoms with Gasteiger partial charge in [0.05, 0.1) is 35.2 Å². The highest BCUT2D eigenvalue weighted by atomic mass is 32.2. The molecule has 0 saturated carbocycles. The summed E-state index contributed by atoms with van der Waals surface area (Å²) in [4.78, 5) is 32.7. The third kappa shape index (κ3) is 6.39. The predicted octanol–water partition coefficient (Wildman–Crippen LogP) is 5.08. The number of unbranched alkanes of at least 4 members (excludes halogenated alkanes) is 1. The van der Waals surface area contributed by atoms with Crippen molar-refractivity contribution in [1.29, 1.82) is 0 Å². The number of carbonyl (C=O) groups excluding carboxylic acids is 1. The number of anilines is 1. The zero-order valence-electron chi connectivity index (χ0n) is 24.1. The molecule has 5 heterocycles. The SMILES string of the molecule is CCCCC(=O)Nc1cncc(-c2ncc3[nH]nc(-c4nc5c(-c6cc(F)cc(CNS(C)(=O)=O)c6)ccnc5[nH]4)c3c2F)c1. The van der Waals surface area contributed by atoms with Crippen molar-refractivity contribution in [1.82, 2.24) is 39.8 Å². The van der Waals surface area contributed by atoms with Crippen molar-refractivity contribution in [2.45, 2.75) is 32.7 Å². The van der Waals surface area contributed by atoms with Crippen molar-refractivity contribution in [3.05, 3.63) is 72.3 Å². The summed E-state index contributed by atoms with van der Waals surface area (Å²) in [5.74, 6) is -1.18. The number of aromatic amines is 2. The van der Waals surface area contributed by atoms with Gasteiger partial charge in [-0.05, 0) is 47.9 Å². The van der Waals surface area contributed by atoms with Crippen LogP contribution in [0.5, 0.6) is 0 Å². The molecule has 0 aliphatic carbocycles. The highest BCUT2D eigenvalue weighted by Gasteiger charge is 2.22. The van der Waals surface area contributed by atoms with Gasteiger partial charge in [-0.25, -0.2) is 31.9 Å². The molecule has 230 valence electrons. The molecule has 45 heavy (non-hydrogen) atoms. The number of carbonyl (C=O) groups is 1. The van der Waals surface area contributed by atoms with Gasteiger partial charge in [-0.15, -0.1) is 0 Å². The number of nitrogens with one attached hydrogen (secondary N) is 4. The Bertz CT molecular complexity index is 2180. The number of sulfonamides is 1. The monoisotopic (exact) mass is 631 g/mol. The molecule has 6 rings (SSSR count). The van der Waals surface area contributed by atoms with Gasteiger partial charge in [0.25, 0.3) is 0 Å². The number of H-pyrrole nitrogens is 2. The molecule has 0 aliphatic rings. The number of hydrogen-bond acceptors (Lipinski definition) is 8. The molecule has 0 radical (unpaired) electrons. The molecule has 0 aliphatic heterocycles. The molecule has 0 saturated heterocycles. The summed E-state index contributed by atoms with van der Waals surface area (Å²) >= 11 is 0. The van der Waals surface area contributed by atoms with E-state index in [0.717, 1.165) is 19.1 Å². The van der Waals surface area contributed by atoms with Crippen LogP contribution in [0.1, 0.15) is 31.7 Å². The fourth-order valence-corrected chi connectivity index (χ4v) is 5.35. The summed E-state index contributed by atoms with van der Waals surface area (Å²) in [6, 6.07) is 7.46. The Balaban J connectivity index is 1.38. The van der Waals surface area contributed by atoms with Crippen LogP contribution in [0.2, 0.25) is 0 Å². The number of benzene rings is 1. The minimum absolute atomic E-state index is 0.00669. The summed E-state index contributed by atoms with van der Waals surface area (Å²) in [6.45, 7) is 1.90. The Kier molecular flexibility index (Phi) is 8.03. The van der Waals surface area contributed by atoms with Crippen LogP contribution in [0.15, 0.2) is 55.1 Å². The maximum Gasteiger partial charge on any atom is 0.224 e. The van der Waals surface area contributed by atoms with Gasteiger partial charge >= 0.3 is 0 Å². The molecule has 4 N–H and O–H groups in total. The number of fused-ring (bicyclic) bond motifs is 2. The van der Waals surface area contributed by atoms with Crippen LogP contribution in [0.4, 0.5) is 14.5 Å². The van der Waals surface area contributed by atoms with E-state index in [1.165, 1.54) is 36.9 Å². The van der Waals surface area contributed by atoms with Crippen molar-refractivity contribution in [3.8, 4) is 33.9 Å². The normalized spacial score (nSPS) is 11.8. The Hall–Kier alpha value is -5.15. The molecule has 6 aromatic rings. The lowest BCUT2D eigenvalue weighted by molar-refractivity contribution is -0.116. The van der Waals surface area contributed by atoms with Crippen molar-refractivity contribution >= 4 is 43.7 Å². The van der Waals surface area contributed by atoms with Crippen molar-refractivity contribution in [3.63, 3.8) is 0 Å². The van der Waals surface area contributed by atoms with Gasteiger partial charge in [-0.2, -0.15) is 5.10 Å². The largest absolute Gasteiger partial charge is 0.325 e. The molecular weight excluding hydrogens is 604 g/mol. The number of amides is 1. The minimum Gasteiger partial charge on any atom is -0.325 e. The molecule has 0 fully saturated rings. The van der Waals surface area contributed by atoms with Crippen molar-refractivity contribution in [2.24, 2.45) is 0 Å². The van der Waals surface area contributed by atoms with E-state index in [0.29, 0.717) is 51.0 Å². The van der Waals surface area contributed by atoms with Crippen LogP contribution >= 0.6 is 0 Å². The van der Waals surface area contributed by atoms with E-state index >= 15 is 4.39 Å². The number of halogens is 2. The first-order valence-corrected chi connectivity index (χ1v) is 15.9. The molecular formula is C30H27F2N9O3S. The third-order valence-electron chi connectivity index (χ3n) is 7.01. The second-order valence-corrected chi connectivity index (χ2v) is 12.3. The lowest BCUT2D eigenvalue weighted by Gasteiger charge is -2.08. The number of aromatic nitrogens is 7. The highest BCUT2D eigenvalue weighted by molar-refractivity contribution is 7.88. The second-order valence-electron chi connectivity index (χ2n) is 10.5. The molecule has 0 unspecified atom stereocenters. The summed E-state index contributed by atoms with van der Waals surface area (Å²) < 4.78 is 56.2. The lowest BCUT2D eigenvalue weighted by atomic mass is 10.0. The van der Waals surface area contributed by atoms with Gasteiger partial charge < -0.3 is 10.3 Å². The van der Waals surface area contributed by atoms with E-state index < -0.39 is 21.7 Å². The molecule has 0 spiro atoms. The molecule has 1 amide bonds. The first kappa shape index (κ1) is 29.9. The van der Waals surface area contributed by atoms with E-state index in [-0.39, 0.29) is 35.1 Å². The highest BCUT2D eigenvalue weighted by Crippen LogP contribution is 2.34. The van der Waals surface area contributed by atoms with Crippen LogP contribution in [-0.4, -0.2) is 55.7 Å². The lowest BCUT2D eigenvalue weighted by Crippen LogP contribution is -2.21. The summed E-state index contributed by atoms with van der Waals surface area (Å²) in [7, 11) is -3.49. The third-order valence-corrected chi connectivity index (χ3v) is 7.68. The predicted molar refractivity (Wildman–Crippen MR) is 165 cm³/mol. The summed E-state index contributed by atoms with van der Waals surface area (Å²) in [5, 5.41) is 9.99. The Labute approximate surface area is 255 Å². The zero-order chi connectivity index (χ0) is 31.7. The second kappa shape index (κ2) is 12.1. The van der Waals surface area contributed by atoms with Crippen molar-refractivity contribution < 1.29 is 22.0 Å². The number of rotatable bonds is 10. The topological polar surface area (TPSA) is 171 Å². The number of nitrogens with zero attached hydrogens (tertiary/aromatic N) is 5. The quantitative estimate of drug-likeness (QED) is 0.162.